The molecule has 0 aliphatic heterocycles. The Hall–Kier alpha value is -2.16. The van der Waals surface area contributed by atoms with Crippen LogP contribution < -0.4 is 5.32 Å². The fourth-order valence-corrected chi connectivity index (χ4v) is 2.30. The van der Waals surface area contributed by atoms with E-state index >= 15 is 0 Å². The molecular weight excluding hydrogens is 332 g/mol. The Labute approximate surface area is 131 Å². The molecule has 0 unspecified atom stereocenters. The van der Waals surface area contributed by atoms with Gasteiger partial charge in [-0.1, -0.05) is 28.1 Å². The van der Waals surface area contributed by atoms with Crippen molar-refractivity contribution in [3.8, 4) is 6.07 Å². The second kappa shape index (κ2) is 7.02. The number of benzene rings is 2. The van der Waals surface area contributed by atoms with E-state index in [1.54, 1.807) is 42.5 Å². The van der Waals surface area contributed by atoms with Crippen LogP contribution in [0.5, 0.6) is 0 Å². The number of amides is 1. The van der Waals surface area contributed by atoms with Crippen LogP contribution in [0.2, 0.25) is 0 Å². The van der Waals surface area contributed by atoms with Crippen LogP contribution >= 0.6 is 15.9 Å². The molecule has 0 atom stereocenters. The smallest absolute Gasteiger partial charge is 0.251 e. The highest BCUT2D eigenvalue weighted by molar-refractivity contribution is 9.10. The molecule has 0 aromatic heterocycles. The summed E-state index contributed by atoms with van der Waals surface area (Å²) in [5, 5.41) is 20.8. The molecule has 0 radical (unpaired) electrons. The van der Waals surface area contributed by atoms with Crippen molar-refractivity contribution < 1.29 is 9.90 Å². The van der Waals surface area contributed by atoms with Gasteiger partial charge in [-0.05, 0) is 41.5 Å². The molecule has 0 spiro atoms. The summed E-state index contributed by atoms with van der Waals surface area (Å²) in [5.41, 5.74) is 2.52. The minimum absolute atomic E-state index is 0.195. The zero-order valence-corrected chi connectivity index (χ0v) is 12.7. The third kappa shape index (κ3) is 3.91. The number of halogens is 1. The first-order valence-electron chi connectivity index (χ1n) is 6.30. The molecule has 0 saturated heterocycles. The highest BCUT2D eigenvalue weighted by Gasteiger charge is 2.11. The van der Waals surface area contributed by atoms with Crippen molar-refractivity contribution in [1.29, 1.82) is 5.26 Å². The molecular formula is C16H13BrN2O2. The van der Waals surface area contributed by atoms with E-state index in [1.807, 2.05) is 6.07 Å². The van der Waals surface area contributed by atoms with Gasteiger partial charge in [0.1, 0.15) is 0 Å². The third-order valence-electron chi connectivity index (χ3n) is 3.02. The Morgan fingerprint density at radius 3 is 2.57 bits per heavy atom. The highest BCUT2D eigenvalue weighted by atomic mass is 79.9. The molecule has 2 N–H and O–H groups in total. The number of rotatable bonds is 4. The van der Waals surface area contributed by atoms with Gasteiger partial charge in [0.05, 0.1) is 18.2 Å². The summed E-state index contributed by atoms with van der Waals surface area (Å²) in [5.74, 6) is -0.240. The number of carbonyl (C=O) groups excluding carboxylic acids is 1. The number of aliphatic hydroxyl groups is 1. The predicted octanol–water partition coefficient (Wildman–Crippen LogP) is 2.74. The minimum Gasteiger partial charge on any atom is -0.392 e. The summed E-state index contributed by atoms with van der Waals surface area (Å²) in [6, 6.07) is 14.2. The van der Waals surface area contributed by atoms with E-state index in [1.165, 1.54) is 0 Å². The second-order valence-corrected chi connectivity index (χ2v) is 5.37. The summed E-state index contributed by atoms with van der Waals surface area (Å²) < 4.78 is 0.815. The van der Waals surface area contributed by atoms with E-state index in [4.69, 9.17) is 5.26 Å². The molecule has 106 valence electrons. The first-order chi connectivity index (χ1) is 10.1. The summed E-state index contributed by atoms with van der Waals surface area (Å²) in [6.45, 7) is 0.171. The molecule has 5 heteroatoms. The van der Waals surface area contributed by atoms with Gasteiger partial charge in [0.25, 0.3) is 5.91 Å². The van der Waals surface area contributed by atoms with Gasteiger partial charge in [0, 0.05) is 16.6 Å². The molecule has 0 saturated carbocycles. The lowest BCUT2D eigenvalue weighted by Gasteiger charge is -2.09. The van der Waals surface area contributed by atoms with Crippen LogP contribution in [0.3, 0.4) is 0 Å². The van der Waals surface area contributed by atoms with Crippen LogP contribution in [0.15, 0.2) is 46.9 Å². The monoisotopic (exact) mass is 344 g/mol. The van der Waals surface area contributed by atoms with E-state index in [0.717, 1.165) is 10.0 Å². The van der Waals surface area contributed by atoms with E-state index < -0.39 is 0 Å². The second-order valence-electron chi connectivity index (χ2n) is 4.45. The Morgan fingerprint density at radius 1 is 1.24 bits per heavy atom. The first kappa shape index (κ1) is 15.2. The van der Waals surface area contributed by atoms with Gasteiger partial charge >= 0.3 is 0 Å². The zero-order valence-electron chi connectivity index (χ0n) is 11.1. The lowest BCUT2D eigenvalue weighted by molar-refractivity contribution is 0.0948. The zero-order chi connectivity index (χ0) is 15.2. The van der Waals surface area contributed by atoms with Crippen molar-refractivity contribution >= 4 is 21.8 Å². The van der Waals surface area contributed by atoms with Gasteiger partial charge in [-0.2, -0.15) is 5.26 Å². The van der Waals surface area contributed by atoms with E-state index in [0.29, 0.717) is 23.2 Å². The number of nitriles is 1. The largest absolute Gasteiger partial charge is 0.392 e. The van der Waals surface area contributed by atoms with Crippen molar-refractivity contribution in [1.82, 2.24) is 5.32 Å². The van der Waals surface area contributed by atoms with Crippen LogP contribution in [-0.2, 0) is 13.2 Å². The number of nitrogens with one attached hydrogen (secondary N) is 1. The van der Waals surface area contributed by atoms with Crippen LogP contribution in [0.25, 0.3) is 0 Å². The molecule has 0 heterocycles. The topological polar surface area (TPSA) is 73.1 Å². The quantitative estimate of drug-likeness (QED) is 0.895. The Bertz CT molecular complexity index is 690. The summed E-state index contributed by atoms with van der Waals surface area (Å²) in [4.78, 5) is 12.1. The normalized spacial score (nSPS) is 9.95. The average molecular weight is 345 g/mol. The molecule has 1 amide bonds. The molecule has 4 nitrogen and oxygen atoms in total. The Balaban J connectivity index is 2.06. The number of nitrogens with zero attached hydrogens (tertiary/aromatic N) is 1. The van der Waals surface area contributed by atoms with Gasteiger partial charge in [-0.15, -0.1) is 0 Å². The molecule has 0 aliphatic rings. The maximum atomic E-state index is 12.1. The predicted molar refractivity (Wildman–Crippen MR) is 82.4 cm³/mol. The SMILES string of the molecule is N#Cc1ccc(CNC(=O)c2ccc(Br)cc2CO)cc1. The van der Waals surface area contributed by atoms with E-state index in [-0.39, 0.29) is 12.5 Å². The van der Waals surface area contributed by atoms with Gasteiger partial charge in [0.2, 0.25) is 0 Å². The Morgan fingerprint density at radius 2 is 1.95 bits per heavy atom. The van der Waals surface area contributed by atoms with Gasteiger partial charge in [-0.25, -0.2) is 0 Å². The fourth-order valence-electron chi connectivity index (χ4n) is 1.89. The van der Waals surface area contributed by atoms with Crippen LogP contribution in [0.4, 0.5) is 0 Å². The van der Waals surface area contributed by atoms with Crippen LogP contribution in [0.1, 0.15) is 27.0 Å². The molecule has 21 heavy (non-hydrogen) atoms. The number of hydrogen-bond acceptors (Lipinski definition) is 3. The molecule has 2 aromatic carbocycles. The van der Waals surface area contributed by atoms with Gasteiger partial charge in [-0.3, -0.25) is 4.79 Å². The van der Waals surface area contributed by atoms with E-state index in [2.05, 4.69) is 21.2 Å². The minimum atomic E-state index is -0.240. The van der Waals surface area contributed by atoms with Crippen molar-refractivity contribution in [3.63, 3.8) is 0 Å². The molecule has 2 rings (SSSR count). The first-order valence-corrected chi connectivity index (χ1v) is 7.10. The molecule has 2 aromatic rings. The summed E-state index contributed by atoms with van der Waals surface area (Å²) in [7, 11) is 0. The maximum absolute atomic E-state index is 12.1. The van der Waals surface area contributed by atoms with Crippen molar-refractivity contribution in [2.24, 2.45) is 0 Å². The molecule has 0 aliphatic carbocycles. The number of hydrogen-bond donors (Lipinski definition) is 2. The van der Waals surface area contributed by atoms with Crippen molar-refractivity contribution in [3.05, 3.63) is 69.2 Å². The van der Waals surface area contributed by atoms with Gasteiger partial charge in [0.15, 0.2) is 0 Å². The lowest BCUT2D eigenvalue weighted by atomic mass is 10.1. The van der Waals surface area contributed by atoms with E-state index in [9.17, 15) is 9.90 Å². The fraction of sp³-hybridized carbons (Fsp3) is 0.125. The molecule has 0 fully saturated rings. The standard InChI is InChI=1S/C16H13BrN2O2/c17-14-5-6-15(13(7-14)10-20)16(21)19-9-12-3-1-11(8-18)2-4-12/h1-7,20H,9-10H2,(H,19,21). The molecule has 0 bridgehead atoms. The maximum Gasteiger partial charge on any atom is 0.251 e. The number of aliphatic hydroxyl groups excluding tert-OH is 1. The third-order valence-corrected chi connectivity index (χ3v) is 3.51. The van der Waals surface area contributed by atoms with Crippen molar-refractivity contribution in [2.45, 2.75) is 13.2 Å². The van der Waals surface area contributed by atoms with Crippen molar-refractivity contribution in [2.75, 3.05) is 0 Å². The van der Waals surface area contributed by atoms with Crippen LogP contribution in [-0.4, -0.2) is 11.0 Å². The lowest BCUT2D eigenvalue weighted by Crippen LogP contribution is -2.24. The number of carbonyl (C=O) groups is 1. The van der Waals surface area contributed by atoms with Gasteiger partial charge < -0.3 is 10.4 Å². The highest BCUT2D eigenvalue weighted by Crippen LogP contribution is 2.17. The van der Waals surface area contributed by atoms with Crippen LogP contribution in [0, 0.1) is 11.3 Å². The Kier molecular flexibility index (Phi) is 5.09. The summed E-state index contributed by atoms with van der Waals surface area (Å²) in [6.07, 6.45) is 0. The average Bonchev–Trinajstić information content (AvgIpc) is 2.52. The summed E-state index contributed by atoms with van der Waals surface area (Å²) >= 11 is 3.31.